The Balaban J connectivity index is 2.91. The lowest BCUT2D eigenvalue weighted by molar-refractivity contribution is -0.243. The van der Waals surface area contributed by atoms with E-state index in [0.717, 1.165) is 0 Å². The molecule has 0 saturated heterocycles. The van der Waals surface area contributed by atoms with E-state index in [2.05, 4.69) is 5.32 Å². The Morgan fingerprint density at radius 2 is 2.05 bits per heavy atom. The Morgan fingerprint density at radius 3 is 2.65 bits per heavy atom. The molecule has 1 aromatic rings. The van der Waals surface area contributed by atoms with Crippen LogP contribution in [0.1, 0.15) is 12.5 Å². The molecule has 20 heavy (non-hydrogen) atoms. The van der Waals surface area contributed by atoms with Crippen molar-refractivity contribution < 1.29 is 18.8 Å². The van der Waals surface area contributed by atoms with Crippen LogP contribution in [0, 0.1) is 0 Å². The fourth-order valence-electron chi connectivity index (χ4n) is 1.55. The molecule has 0 saturated carbocycles. The molecule has 1 rings (SSSR count). The summed E-state index contributed by atoms with van der Waals surface area (Å²) in [7, 11) is -2.27. The second kappa shape index (κ2) is 7.09. The zero-order valence-corrected chi connectivity index (χ0v) is 12.7. The van der Waals surface area contributed by atoms with E-state index in [-0.39, 0.29) is 12.3 Å². The molecule has 0 amide bonds. The van der Waals surface area contributed by atoms with E-state index in [1.54, 1.807) is 31.2 Å². The number of para-hydroxylation sites is 1. The molecule has 0 aliphatic rings. The van der Waals surface area contributed by atoms with Crippen LogP contribution < -0.4 is 10.4 Å². The minimum absolute atomic E-state index is 0.0221. The molecule has 0 aliphatic heterocycles. The Kier molecular flexibility index (Phi) is 5.76. The molecule has 0 atom stereocenters. The normalized spacial score (nSPS) is 12.1. The molecule has 0 aliphatic carbocycles. The van der Waals surface area contributed by atoms with Gasteiger partial charge in [0.25, 0.3) is 0 Å². The SMILES string of the molecule is CCOC(=O)CNc1ccccc1C([O-])=C[S+](C)(C)=O. The lowest BCUT2D eigenvalue weighted by Crippen LogP contribution is -2.18. The van der Waals surface area contributed by atoms with Crippen molar-refractivity contribution in [2.45, 2.75) is 6.92 Å². The average Bonchev–Trinajstić information content (AvgIpc) is 2.35. The van der Waals surface area contributed by atoms with Gasteiger partial charge in [0.15, 0.2) is 0 Å². The van der Waals surface area contributed by atoms with Gasteiger partial charge in [-0.15, -0.1) is 4.21 Å². The monoisotopic (exact) mass is 297 g/mol. The molecular formula is C14H19NO4S. The van der Waals surface area contributed by atoms with Crippen molar-refractivity contribution in [2.24, 2.45) is 0 Å². The van der Waals surface area contributed by atoms with E-state index in [1.165, 1.54) is 17.9 Å². The average molecular weight is 297 g/mol. The number of carbonyl (C=O) groups is 1. The van der Waals surface area contributed by atoms with Crippen LogP contribution in [-0.2, 0) is 23.7 Å². The highest BCUT2D eigenvalue weighted by Gasteiger charge is 2.10. The van der Waals surface area contributed by atoms with Crippen molar-refractivity contribution in [3.63, 3.8) is 0 Å². The molecule has 0 aromatic heterocycles. The summed E-state index contributed by atoms with van der Waals surface area (Å²) in [5.74, 6) is -0.722. The second-order valence-corrected chi connectivity index (χ2v) is 7.35. The zero-order valence-electron chi connectivity index (χ0n) is 11.8. The van der Waals surface area contributed by atoms with Gasteiger partial charge in [-0.2, -0.15) is 0 Å². The van der Waals surface area contributed by atoms with Crippen molar-refractivity contribution in [1.29, 1.82) is 0 Å². The molecular weight excluding hydrogens is 278 g/mol. The first-order chi connectivity index (χ1) is 9.33. The number of ether oxygens (including phenoxy) is 1. The summed E-state index contributed by atoms with van der Waals surface area (Å²) in [6, 6.07) is 6.77. The molecule has 0 spiro atoms. The molecule has 6 heteroatoms. The molecule has 0 heterocycles. The Labute approximate surface area is 120 Å². The van der Waals surface area contributed by atoms with E-state index in [4.69, 9.17) is 4.74 Å². The van der Waals surface area contributed by atoms with E-state index < -0.39 is 15.9 Å². The van der Waals surface area contributed by atoms with Crippen LogP contribution in [-0.4, -0.2) is 31.6 Å². The van der Waals surface area contributed by atoms with Gasteiger partial charge in [-0.3, -0.25) is 4.79 Å². The lowest BCUT2D eigenvalue weighted by Gasteiger charge is -2.16. The third kappa shape index (κ3) is 5.44. The van der Waals surface area contributed by atoms with E-state index >= 15 is 0 Å². The minimum atomic E-state index is -2.27. The molecule has 0 radical (unpaired) electrons. The highest BCUT2D eigenvalue weighted by molar-refractivity contribution is 8.04. The van der Waals surface area contributed by atoms with Crippen molar-refractivity contribution in [1.82, 2.24) is 0 Å². The van der Waals surface area contributed by atoms with Gasteiger partial charge in [0.1, 0.15) is 34.4 Å². The zero-order chi connectivity index (χ0) is 15.2. The lowest BCUT2D eigenvalue weighted by atomic mass is 10.1. The second-order valence-electron chi connectivity index (χ2n) is 4.50. The summed E-state index contributed by atoms with van der Waals surface area (Å²) in [6.45, 7) is 2.01. The molecule has 0 bridgehead atoms. The Morgan fingerprint density at radius 1 is 1.40 bits per heavy atom. The van der Waals surface area contributed by atoms with Gasteiger partial charge in [0.05, 0.1) is 6.61 Å². The van der Waals surface area contributed by atoms with Gasteiger partial charge in [0.2, 0.25) is 0 Å². The number of anilines is 1. The predicted octanol–water partition coefficient (Wildman–Crippen LogP) is 1.08. The smallest absolute Gasteiger partial charge is 0.325 e. The van der Waals surface area contributed by atoms with E-state index in [1.807, 2.05) is 0 Å². The van der Waals surface area contributed by atoms with Gasteiger partial charge < -0.3 is 15.2 Å². The maximum Gasteiger partial charge on any atom is 0.325 e. The predicted molar refractivity (Wildman–Crippen MR) is 79.4 cm³/mol. The van der Waals surface area contributed by atoms with E-state index in [9.17, 15) is 14.1 Å². The summed E-state index contributed by atoms with van der Waals surface area (Å²) in [6.07, 6.45) is 3.00. The number of nitrogens with one attached hydrogen (secondary N) is 1. The van der Waals surface area contributed by atoms with Gasteiger partial charge >= 0.3 is 5.97 Å². The summed E-state index contributed by atoms with van der Waals surface area (Å²) in [5, 5.41) is 16.1. The summed E-state index contributed by atoms with van der Waals surface area (Å²) >= 11 is 0. The number of rotatable bonds is 6. The largest absolute Gasteiger partial charge is 0.869 e. The summed E-state index contributed by atoms with van der Waals surface area (Å²) in [4.78, 5) is 11.3. The number of hydrogen-bond donors (Lipinski definition) is 1. The van der Waals surface area contributed by atoms with Crippen LogP contribution in [0.2, 0.25) is 0 Å². The molecule has 5 nitrogen and oxygen atoms in total. The topological polar surface area (TPSA) is 78.5 Å². The first kappa shape index (κ1) is 16.2. The number of benzene rings is 1. The fourth-order valence-corrected chi connectivity index (χ4v) is 2.20. The third-order valence-electron chi connectivity index (χ3n) is 2.31. The molecule has 110 valence electrons. The van der Waals surface area contributed by atoms with Crippen molar-refractivity contribution in [3.8, 4) is 0 Å². The van der Waals surface area contributed by atoms with Gasteiger partial charge in [-0.1, -0.05) is 24.0 Å². The third-order valence-corrected chi connectivity index (χ3v) is 3.09. The van der Waals surface area contributed by atoms with Gasteiger partial charge in [0, 0.05) is 5.69 Å². The first-order valence-corrected chi connectivity index (χ1v) is 8.59. The maximum absolute atomic E-state index is 12.1. The van der Waals surface area contributed by atoms with Crippen LogP contribution in [0.5, 0.6) is 0 Å². The molecule has 1 N–H and O–H groups in total. The fraction of sp³-hybridized carbons (Fsp3) is 0.357. The van der Waals surface area contributed by atoms with Crippen molar-refractivity contribution in [2.75, 3.05) is 31.0 Å². The van der Waals surface area contributed by atoms with Crippen LogP contribution in [0.3, 0.4) is 0 Å². The summed E-state index contributed by atoms with van der Waals surface area (Å²) in [5.41, 5.74) is 0.902. The number of hydrogen-bond acceptors (Lipinski definition) is 5. The van der Waals surface area contributed by atoms with E-state index in [0.29, 0.717) is 17.9 Å². The van der Waals surface area contributed by atoms with Crippen LogP contribution >= 0.6 is 0 Å². The standard InChI is InChI=1S/C14H19NO4S/c1-4-19-14(17)9-15-12-8-6-5-7-11(12)13(16)10-20(2,3)18/h5-8,10H,4,9H2,1-3H3,(H-,15,16,18). The van der Waals surface area contributed by atoms with Gasteiger partial charge in [-0.05, 0) is 18.6 Å². The quantitative estimate of drug-likeness (QED) is 0.483. The van der Waals surface area contributed by atoms with Crippen molar-refractivity contribution in [3.05, 3.63) is 35.2 Å². The number of carbonyl (C=O) groups excluding carboxylic acids is 1. The number of esters is 1. The molecule has 0 unspecified atom stereocenters. The van der Waals surface area contributed by atoms with Crippen LogP contribution in [0.15, 0.2) is 29.7 Å². The van der Waals surface area contributed by atoms with Crippen molar-refractivity contribution >= 4 is 27.3 Å². The minimum Gasteiger partial charge on any atom is -0.869 e. The Hall–Kier alpha value is -1.82. The Bertz CT molecular complexity index is 548. The van der Waals surface area contributed by atoms with Crippen LogP contribution in [0.25, 0.3) is 5.76 Å². The highest BCUT2D eigenvalue weighted by atomic mass is 32.2. The maximum atomic E-state index is 12.1. The summed E-state index contributed by atoms with van der Waals surface area (Å²) < 4.78 is 16.5. The molecule has 1 aromatic carbocycles. The van der Waals surface area contributed by atoms with Crippen LogP contribution in [0.4, 0.5) is 5.69 Å². The highest BCUT2D eigenvalue weighted by Crippen LogP contribution is 2.21. The first-order valence-electron chi connectivity index (χ1n) is 6.15. The molecule has 0 fully saturated rings. The van der Waals surface area contributed by atoms with Gasteiger partial charge in [-0.25, -0.2) is 0 Å².